The van der Waals surface area contributed by atoms with Crippen LogP contribution in [0.3, 0.4) is 0 Å². The van der Waals surface area contributed by atoms with Gasteiger partial charge >= 0.3 is 0 Å². The third kappa shape index (κ3) is 5.71. The Morgan fingerprint density at radius 1 is 1.24 bits per heavy atom. The number of benzene rings is 1. The van der Waals surface area contributed by atoms with Gasteiger partial charge in [-0.1, -0.05) is 30.3 Å². The lowest BCUT2D eigenvalue weighted by atomic mass is 10.0. The lowest BCUT2D eigenvalue weighted by Gasteiger charge is -2.33. The van der Waals surface area contributed by atoms with Crippen molar-refractivity contribution in [1.29, 1.82) is 0 Å². The molecule has 1 fully saturated rings. The van der Waals surface area contributed by atoms with E-state index in [0.717, 1.165) is 44.6 Å². The molecule has 134 valence electrons. The normalized spacial score (nSPS) is 18.2. The van der Waals surface area contributed by atoms with E-state index in [1.165, 1.54) is 5.56 Å². The monoisotopic (exact) mass is 340 g/mol. The Labute approximate surface area is 150 Å². The summed E-state index contributed by atoms with van der Waals surface area (Å²) < 4.78 is 1.84. The van der Waals surface area contributed by atoms with E-state index in [2.05, 4.69) is 45.6 Å². The summed E-state index contributed by atoms with van der Waals surface area (Å²) in [5.41, 5.74) is 2.37. The lowest BCUT2D eigenvalue weighted by Crippen LogP contribution is -2.48. The van der Waals surface area contributed by atoms with E-state index in [-0.39, 0.29) is 11.9 Å². The van der Waals surface area contributed by atoms with Gasteiger partial charge in [0.15, 0.2) is 0 Å². The molecule has 0 unspecified atom stereocenters. The van der Waals surface area contributed by atoms with Crippen molar-refractivity contribution in [2.45, 2.75) is 45.2 Å². The Kier molecular flexibility index (Phi) is 6.23. The maximum Gasteiger partial charge on any atom is 0.222 e. The van der Waals surface area contributed by atoms with E-state index >= 15 is 0 Å². The molecule has 1 N–H and O–H groups in total. The van der Waals surface area contributed by atoms with E-state index < -0.39 is 0 Å². The highest BCUT2D eigenvalue weighted by Gasteiger charge is 2.21. The first-order chi connectivity index (χ1) is 12.2. The highest BCUT2D eigenvalue weighted by molar-refractivity contribution is 5.76. The zero-order valence-corrected chi connectivity index (χ0v) is 15.0. The fraction of sp³-hybridized carbons (Fsp3) is 0.500. The number of nitrogens with one attached hydrogen (secondary N) is 1. The molecule has 1 aliphatic heterocycles. The van der Waals surface area contributed by atoms with Crippen LogP contribution < -0.4 is 5.32 Å². The van der Waals surface area contributed by atoms with E-state index in [1.54, 1.807) is 0 Å². The fourth-order valence-electron chi connectivity index (χ4n) is 3.41. The number of likely N-dealkylation sites (tertiary alicyclic amines) is 1. The van der Waals surface area contributed by atoms with Gasteiger partial charge in [-0.15, -0.1) is 0 Å². The number of carbonyl (C=O) groups excluding carboxylic acids is 1. The van der Waals surface area contributed by atoms with Crippen molar-refractivity contribution in [2.75, 3.05) is 19.6 Å². The highest BCUT2D eigenvalue weighted by atomic mass is 16.1. The average Bonchev–Trinajstić information content (AvgIpc) is 3.05. The van der Waals surface area contributed by atoms with Crippen LogP contribution in [0.5, 0.6) is 0 Å². The Morgan fingerprint density at radius 2 is 2.08 bits per heavy atom. The van der Waals surface area contributed by atoms with Gasteiger partial charge in [0.25, 0.3) is 0 Å². The topological polar surface area (TPSA) is 50.2 Å². The summed E-state index contributed by atoms with van der Waals surface area (Å²) in [6.07, 6.45) is 5.71. The van der Waals surface area contributed by atoms with Gasteiger partial charge in [-0.05, 0) is 44.4 Å². The van der Waals surface area contributed by atoms with Crippen molar-refractivity contribution in [3.8, 4) is 0 Å². The zero-order valence-electron chi connectivity index (χ0n) is 15.0. The molecule has 0 bridgehead atoms. The number of amides is 1. The van der Waals surface area contributed by atoms with E-state index in [4.69, 9.17) is 0 Å². The summed E-state index contributed by atoms with van der Waals surface area (Å²) in [7, 11) is 0. The maximum atomic E-state index is 12.2. The van der Waals surface area contributed by atoms with E-state index in [0.29, 0.717) is 13.0 Å². The number of aryl methyl sites for hydroxylation is 2. The van der Waals surface area contributed by atoms with Crippen molar-refractivity contribution < 1.29 is 4.79 Å². The summed E-state index contributed by atoms with van der Waals surface area (Å²) in [5, 5.41) is 7.53. The third-order valence-electron chi connectivity index (χ3n) is 4.77. The molecule has 1 saturated heterocycles. The van der Waals surface area contributed by atoms with E-state index in [9.17, 15) is 4.79 Å². The van der Waals surface area contributed by atoms with Crippen molar-refractivity contribution in [2.24, 2.45) is 0 Å². The molecular formula is C20H28N4O. The van der Waals surface area contributed by atoms with Gasteiger partial charge in [-0.3, -0.25) is 9.48 Å². The second-order valence-corrected chi connectivity index (χ2v) is 6.91. The Morgan fingerprint density at radius 3 is 2.84 bits per heavy atom. The average molecular weight is 340 g/mol. The number of carbonyl (C=O) groups is 1. The SMILES string of the molecule is Cc1ccn(CCC(=O)N[C@@H]2CCCN(CCc3ccccc3)C2)n1. The van der Waals surface area contributed by atoms with Crippen molar-refractivity contribution in [3.05, 3.63) is 53.9 Å². The molecule has 2 aromatic rings. The smallest absolute Gasteiger partial charge is 0.222 e. The van der Waals surface area contributed by atoms with Crippen LogP contribution in [-0.4, -0.2) is 46.3 Å². The van der Waals surface area contributed by atoms with Crippen LogP contribution in [0.4, 0.5) is 0 Å². The van der Waals surface area contributed by atoms with Crippen LogP contribution in [0, 0.1) is 6.92 Å². The minimum absolute atomic E-state index is 0.128. The lowest BCUT2D eigenvalue weighted by molar-refractivity contribution is -0.122. The minimum atomic E-state index is 0.128. The molecule has 0 spiro atoms. The van der Waals surface area contributed by atoms with Gasteiger partial charge in [0.2, 0.25) is 5.91 Å². The Bertz CT molecular complexity index is 667. The number of hydrogen-bond acceptors (Lipinski definition) is 3. The molecule has 1 atom stereocenters. The Hall–Kier alpha value is -2.14. The standard InChI is InChI=1S/C20H28N4O/c1-17-9-14-24(22-17)15-11-20(25)21-19-8-5-12-23(16-19)13-10-18-6-3-2-4-7-18/h2-4,6-7,9,14,19H,5,8,10-13,15-16H2,1H3,(H,21,25)/t19-/m1/s1. The molecule has 1 aromatic heterocycles. The van der Waals surface area contributed by atoms with Crippen LogP contribution >= 0.6 is 0 Å². The number of aromatic nitrogens is 2. The summed E-state index contributed by atoms with van der Waals surface area (Å²) in [6.45, 7) is 5.75. The first kappa shape index (κ1) is 17.7. The predicted octanol–water partition coefficient (Wildman–Crippen LogP) is 2.40. The van der Waals surface area contributed by atoms with Gasteiger partial charge in [0.05, 0.1) is 5.69 Å². The second kappa shape index (κ2) is 8.81. The number of hydrogen-bond donors (Lipinski definition) is 1. The molecule has 0 aliphatic carbocycles. The first-order valence-corrected chi connectivity index (χ1v) is 9.25. The van der Waals surface area contributed by atoms with Crippen LogP contribution in [0.25, 0.3) is 0 Å². The maximum absolute atomic E-state index is 12.2. The first-order valence-electron chi connectivity index (χ1n) is 9.25. The molecule has 25 heavy (non-hydrogen) atoms. The molecule has 2 heterocycles. The molecule has 5 nitrogen and oxygen atoms in total. The van der Waals surface area contributed by atoms with Crippen molar-refractivity contribution in [1.82, 2.24) is 20.0 Å². The van der Waals surface area contributed by atoms with Crippen LogP contribution in [0.15, 0.2) is 42.6 Å². The van der Waals surface area contributed by atoms with Crippen molar-refractivity contribution in [3.63, 3.8) is 0 Å². The van der Waals surface area contributed by atoms with Gasteiger partial charge in [-0.25, -0.2) is 0 Å². The van der Waals surface area contributed by atoms with Gasteiger partial charge < -0.3 is 10.2 Å². The van der Waals surface area contributed by atoms with Crippen LogP contribution in [0.1, 0.15) is 30.5 Å². The molecule has 1 aromatic carbocycles. The fourth-order valence-corrected chi connectivity index (χ4v) is 3.41. The molecular weight excluding hydrogens is 312 g/mol. The van der Waals surface area contributed by atoms with Crippen molar-refractivity contribution >= 4 is 5.91 Å². The summed E-state index contributed by atoms with van der Waals surface area (Å²) in [6, 6.07) is 12.8. The largest absolute Gasteiger partial charge is 0.352 e. The number of piperidine rings is 1. The van der Waals surface area contributed by atoms with Gasteiger partial charge in [-0.2, -0.15) is 5.10 Å². The highest BCUT2D eigenvalue weighted by Crippen LogP contribution is 2.11. The number of nitrogens with zero attached hydrogens (tertiary/aromatic N) is 3. The molecule has 1 aliphatic rings. The summed E-state index contributed by atoms with van der Waals surface area (Å²) in [4.78, 5) is 14.7. The van der Waals surface area contributed by atoms with E-state index in [1.807, 2.05) is 23.9 Å². The minimum Gasteiger partial charge on any atom is -0.352 e. The van der Waals surface area contributed by atoms with Crippen LogP contribution in [-0.2, 0) is 17.8 Å². The molecule has 1 amide bonds. The summed E-state index contributed by atoms with van der Waals surface area (Å²) in [5.74, 6) is 0.128. The molecule has 0 radical (unpaired) electrons. The quantitative estimate of drug-likeness (QED) is 0.842. The molecule has 0 saturated carbocycles. The molecule has 3 rings (SSSR count). The Balaban J connectivity index is 1.39. The van der Waals surface area contributed by atoms with Crippen LogP contribution in [0.2, 0.25) is 0 Å². The summed E-state index contributed by atoms with van der Waals surface area (Å²) >= 11 is 0. The van der Waals surface area contributed by atoms with Gasteiger partial charge in [0, 0.05) is 38.3 Å². The van der Waals surface area contributed by atoms with Gasteiger partial charge in [0.1, 0.15) is 0 Å². The third-order valence-corrected chi connectivity index (χ3v) is 4.77. The second-order valence-electron chi connectivity index (χ2n) is 6.91. The predicted molar refractivity (Wildman–Crippen MR) is 99.3 cm³/mol. The molecule has 5 heteroatoms. The zero-order chi connectivity index (χ0) is 17.5. The number of rotatable bonds is 7.